The number of aromatic nitrogens is 4. The van der Waals surface area contributed by atoms with Crippen molar-refractivity contribution in [2.75, 3.05) is 18.0 Å². The molecule has 15 heteroatoms. The first-order valence-corrected chi connectivity index (χ1v) is 16.1. The lowest BCUT2D eigenvalue weighted by molar-refractivity contribution is -0.145. The summed E-state index contributed by atoms with van der Waals surface area (Å²) in [5.41, 5.74) is 2.90. The number of nitrogens with zero attached hydrogens (tertiary/aromatic N) is 7. The number of anilines is 1. The zero-order valence-electron chi connectivity index (χ0n) is 25.0. The summed E-state index contributed by atoms with van der Waals surface area (Å²) in [5, 5.41) is 26.4. The second-order valence-corrected chi connectivity index (χ2v) is 13.7. The molecule has 0 spiro atoms. The third-order valence-electron chi connectivity index (χ3n) is 8.89. The van der Waals surface area contributed by atoms with Crippen molar-refractivity contribution in [1.29, 1.82) is 5.26 Å². The minimum atomic E-state index is -4.73. The molecule has 1 saturated heterocycles. The van der Waals surface area contributed by atoms with E-state index >= 15 is 0 Å². The van der Waals surface area contributed by atoms with E-state index in [9.17, 15) is 36.8 Å². The average molecular weight is 654 g/mol. The Morgan fingerprint density at radius 2 is 1.96 bits per heavy atom. The van der Waals surface area contributed by atoms with Gasteiger partial charge in [-0.05, 0) is 73.1 Å². The maximum absolute atomic E-state index is 14.2. The van der Waals surface area contributed by atoms with E-state index in [4.69, 9.17) is 0 Å². The molecule has 11 nitrogen and oxygen atoms in total. The lowest BCUT2D eigenvalue weighted by Crippen LogP contribution is -2.45. The van der Waals surface area contributed by atoms with Crippen LogP contribution in [0.15, 0.2) is 47.6 Å². The average Bonchev–Trinajstić information content (AvgIpc) is 3.44. The fraction of sp³-hybridized carbons (Fsp3) is 0.387. The molecule has 0 amide bonds. The molecule has 4 aromatic rings. The van der Waals surface area contributed by atoms with Gasteiger partial charge in [-0.1, -0.05) is 18.2 Å². The summed E-state index contributed by atoms with van der Waals surface area (Å²) in [6.07, 6.45) is 0.0737. The van der Waals surface area contributed by atoms with Crippen molar-refractivity contribution in [3.8, 4) is 6.07 Å². The predicted octanol–water partition coefficient (Wildman–Crippen LogP) is 4.80. The van der Waals surface area contributed by atoms with Gasteiger partial charge in [0.25, 0.3) is 0 Å². The van der Waals surface area contributed by atoms with Gasteiger partial charge in [0, 0.05) is 44.0 Å². The third-order valence-corrected chi connectivity index (χ3v) is 10.7. The number of carboxylic acids is 1. The Hall–Kier alpha value is -4.55. The minimum absolute atomic E-state index is 0.0144. The van der Waals surface area contributed by atoms with Crippen LogP contribution in [0.4, 0.5) is 19.0 Å². The molecule has 46 heavy (non-hydrogen) atoms. The Balaban J connectivity index is 1.41. The number of carboxylic acid groups (broad SMARTS) is 1. The van der Waals surface area contributed by atoms with Crippen molar-refractivity contribution < 1.29 is 31.5 Å². The van der Waals surface area contributed by atoms with Crippen LogP contribution >= 0.6 is 0 Å². The van der Waals surface area contributed by atoms with Crippen LogP contribution in [0, 0.1) is 25.2 Å². The number of pyridine rings is 2. The molecule has 5 heterocycles. The van der Waals surface area contributed by atoms with Crippen LogP contribution in [0.3, 0.4) is 0 Å². The number of piperidine rings is 1. The smallest absolute Gasteiger partial charge is 0.452 e. The number of aliphatic carboxylic acids is 1. The van der Waals surface area contributed by atoms with Gasteiger partial charge in [0.15, 0.2) is 5.65 Å². The summed E-state index contributed by atoms with van der Waals surface area (Å²) < 4.78 is 71.0. The Kier molecular flexibility index (Phi) is 7.97. The standard InChI is InChI=1S/C31H30F3N7O4S/c1-18-6-7-21(25(13-27(42)43)24-8-10-41-28(19(24)2)37-38-30(41)31(32,33)34)12-22(18)16-39-17-23-5-3-4-9-40(23)29-26(46(39,44)45)11-20(14-35)15-36-29/h6-8,10-12,15,23,25H,3-5,9,13,16-17H2,1-2H3,(H,42,43)/t23-,25-/m0/s1. The monoisotopic (exact) mass is 653 g/mol. The summed E-state index contributed by atoms with van der Waals surface area (Å²) in [6.45, 7) is 4.24. The zero-order chi connectivity index (χ0) is 33.0. The summed E-state index contributed by atoms with van der Waals surface area (Å²) in [7, 11) is -4.10. The summed E-state index contributed by atoms with van der Waals surface area (Å²) >= 11 is 0. The molecule has 0 aliphatic carbocycles. The molecule has 0 unspecified atom stereocenters. The largest absolute Gasteiger partial charge is 0.481 e. The zero-order valence-corrected chi connectivity index (χ0v) is 25.8. The molecule has 0 radical (unpaired) electrons. The second-order valence-electron chi connectivity index (χ2n) is 11.7. The van der Waals surface area contributed by atoms with E-state index in [0.717, 1.165) is 29.2 Å². The van der Waals surface area contributed by atoms with Gasteiger partial charge in [-0.2, -0.15) is 22.7 Å². The number of hydrogen-bond donors (Lipinski definition) is 1. The first-order valence-electron chi connectivity index (χ1n) is 14.7. The van der Waals surface area contributed by atoms with Crippen LogP contribution < -0.4 is 4.90 Å². The van der Waals surface area contributed by atoms with Crippen LogP contribution in [0.2, 0.25) is 0 Å². The first-order chi connectivity index (χ1) is 21.8. The van der Waals surface area contributed by atoms with Crippen molar-refractivity contribution in [2.24, 2.45) is 0 Å². The lowest BCUT2D eigenvalue weighted by Gasteiger charge is -2.36. The Morgan fingerprint density at radius 1 is 1.17 bits per heavy atom. The molecule has 6 rings (SSSR count). The van der Waals surface area contributed by atoms with E-state index in [-0.39, 0.29) is 41.7 Å². The summed E-state index contributed by atoms with van der Waals surface area (Å²) in [4.78, 5) is 18.4. The van der Waals surface area contributed by atoms with Gasteiger partial charge in [0.05, 0.1) is 12.0 Å². The van der Waals surface area contributed by atoms with Crippen molar-refractivity contribution in [2.45, 2.75) is 69.1 Å². The van der Waals surface area contributed by atoms with Crippen molar-refractivity contribution in [3.63, 3.8) is 0 Å². The molecule has 0 saturated carbocycles. The highest BCUT2D eigenvalue weighted by Gasteiger charge is 2.40. The van der Waals surface area contributed by atoms with Crippen LogP contribution in [0.25, 0.3) is 5.65 Å². The number of sulfonamides is 1. The second kappa shape index (κ2) is 11.7. The van der Waals surface area contributed by atoms with Gasteiger partial charge in [-0.3, -0.25) is 9.20 Å². The maximum Gasteiger partial charge on any atom is 0.452 e. The van der Waals surface area contributed by atoms with E-state index < -0.39 is 33.9 Å². The fourth-order valence-corrected chi connectivity index (χ4v) is 8.15. The Labute approximate surface area is 263 Å². The number of halogens is 3. The van der Waals surface area contributed by atoms with E-state index in [1.807, 2.05) is 17.9 Å². The maximum atomic E-state index is 14.2. The van der Waals surface area contributed by atoms with E-state index in [1.165, 1.54) is 28.8 Å². The molecule has 2 aliphatic heterocycles. The highest BCUT2D eigenvalue weighted by molar-refractivity contribution is 7.89. The van der Waals surface area contributed by atoms with Crippen molar-refractivity contribution in [1.82, 2.24) is 23.9 Å². The molecular weight excluding hydrogens is 623 g/mol. The Bertz CT molecular complexity index is 2010. The number of hydrogen-bond acceptors (Lipinski definition) is 8. The van der Waals surface area contributed by atoms with Crippen LogP contribution in [0.5, 0.6) is 0 Å². The van der Waals surface area contributed by atoms with E-state index in [1.54, 1.807) is 25.1 Å². The van der Waals surface area contributed by atoms with Crippen LogP contribution in [-0.2, 0) is 27.5 Å². The third kappa shape index (κ3) is 5.56. The SMILES string of the molecule is Cc1ccc([C@H](CC(=O)O)c2ccn3c(C(F)(F)F)nnc3c2C)cc1CN1C[C@@H]2CCCCN2c2ncc(C#N)cc2S1(=O)=O. The van der Waals surface area contributed by atoms with E-state index in [0.29, 0.717) is 34.6 Å². The quantitative estimate of drug-likeness (QED) is 0.310. The van der Waals surface area contributed by atoms with Crippen molar-refractivity contribution in [3.05, 3.63) is 81.9 Å². The van der Waals surface area contributed by atoms with Gasteiger partial charge in [-0.15, -0.1) is 10.2 Å². The fourth-order valence-electron chi connectivity index (χ4n) is 6.51. The topological polar surface area (TPSA) is 145 Å². The molecule has 1 aromatic carbocycles. The minimum Gasteiger partial charge on any atom is -0.481 e. The molecular formula is C31H30F3N7O4S. The molecule has 3 aromatic heterocycles. The Morgan fingerprint density at radius 3 is 2.67 bits per heavy atom. The first kappa shape index (κ1) is 31.4. The van der Waals surface area contributed by atoms with Gasteiger partial charge < -0.3 is 10.0 Å². The molecule has 2 atom stereocenters. The highest BCUT2D eigenvalue weighted by Crippen LogP contribution is 2.38. The number of rotatable bonds is 6. The number of fused-ring (bicyclic) bond motifs is 4. The van der Waals surface area contributed by atoms with Crippen molar-refractivity contribution >= 4 is 27.5 Å². The van der Waals surface area contributed by atoms with E-state index in [2.05, 4.69) is 15.2 Å². The summed E-state index contributed by atoms with van der Waals surface area (Å²) in [5.74, 6) is -2.73. The highest BCUT2D eigenvalue weighted by atomic mass is 32.2. The van der Waals surface area contributed by atoms with Crippen LogP contribution in [0.1, 0.15) is 70.8 Å². The number of aryl methyl sites for hydroxylation is 2. The molecule has 1 fully saturated rings. The van der Waals surface area contributed by atoms with Gasteiger partial charge in [-0.25, -0.2) is 13.4 Å². The number of carbonyl (C=O) groups is 1. The van der Waals surface area contributed by atoms with Crippen LogP contribution in [-0.4, -0.2) is 62.5 Å². The predicted molar refractivity (Wildman–Crippen MR) is 160 cm³/mol. The molecule has 240 valence electrons. The normalized spacial score (nSPS) is 18.8. The van der Waals surface area contributed by atoms with Gasteiger partial charge >= 0.3 is 12.1 Å². The lowest BCUT2D eigenvalue weighted by atomic mass is 9.85. The molecule has 0 bridgehead atoms. The number of nitriles is 1. The van der Waals surface area contributed by atoms with Gasteiger partial charge in [0.2, 0.25) is 15.8 Å². The van der Waals surface area contributed by atoms with Gasteiger partial charge in [0.1, 0.15) is 16.8 Å². The number of alkyl halides is 3. The summed E-state index contributed by atoms with van der Waals surface area (Å²) in [6, 6.07) is 9.97. The number of benzene rings is 1. The molecule has 1 N–H and O–H groups in total. The molecule has 2 aliphatic rings.